The molecule has 28 heavy (non-hydrogen) atoms. The summed E-state index contributed by atoms with van der Waals surface area (Å²) in [6.07, 6.45) is 2.29. The van der Waals surface area contributed by atoms with Gasteiger partial charge in [0.05, 0.1) is 12.1 Å². The minimum atomic E-state index is -0.940. The summed E-state index contributed by atoms with van der Waals surface area (Å²) >= 11 is 5.68. The van der Waals surface area contributed by atoms with Gasteiger partial charge in [0.1, 0.15) is 11.6 Å². The van der Waals surface area contributed by atoms with Crippen LogP contribution in [0.5, 0.6) is 5.75 Å². The number of nitrogens with one attached hydrogen (secondary N) is 1. The second-order valence-electron chi connectivity index (χ2n) is 5.98. The molecule has 0 spiro atoms. The minimum absolute atomic E-state index is 0.0416. The number of carbonyl (C=O) groups is 2. The predicted molar refractivity (Wildman–Crippen MR) is 106 cm³/mol. The van der Waals surface area contributed by atoms with Gasteiger partial charge in [-0.2, -0.15) is 0 Å². The Morgan fingerprint density at radius 2 is 1.93 bits per heavy atom. The Morgan fingerprint density at radius 1 is 1.21 bits per heavy atom. The molecule has 0 aliphatic rings. The van der Waals surface area contributed by atoms with Gasteiger partial charge < -0.3 is 14.8 Å². The average Bonchev–Trinajstić information content (AvgIpc) is 2.69. The lowest BCUT2D eigenvalue weighted by Crippen LogP contribution is -2.36. The van der Waals surface area contributed by atoms with Crippen molar-refractivity contribution >= 4 is 29.6 Å². The normalized spacial score (nSPS) is 11.9. The molecule has 2 rings (SSSR count). The standard InChI is InChI=1S/C21H21ClFNO4/c1-14(21(26)24-12-11-15-3-7-17(27-2)8-4-15)28-20(25)10-6-16-5-9-19(23)18(22)13-16/h3-10,13-14H,11-12H2,1-2H3,(H,24,26)/b10-6+/t14-/m0/s1. The molecule has 1 amide bonds. The van der Waals surface area contributed by atoms with Gasteiger partial charge in [-0.15, -0.1) is 0 Å². The van der Waals surface area contributed by atoms with Gasteiger partial charge in [0, 0.05) is 12.6 Å². The van der Waals surface area contributed by atoms with E-state index >= 15 is 0 Å². The van der Waals surface area contributed by atoms with Crippen molar-refractivity contribution in [1.82, 2.24) is 5.32 Å². The molecule has 2 aromatic rings. The monoisotopic (exact) mass is 405 g/mol. The highest BCUT2D eigenvalue weighted by Gasteiger charge is 2.15. The number of carbonyl (C=O) groups excluding carboxylic acids is 2. The Hall–Kier alpha value is -2.86. The maximum absolute atomic E-state index is 13.1. The third-order valence-electron chi connectivity index (χ3n) is 3.89. The molecule has 0 aromatic heterocycles. The first-order valence-corrected chi connectivity index (χ1v) is 9.01. The quantitative estimate of drug-likeness (QED) is 0.536. The van der Waals surface area contributed by atoms with Crippen molar-refractivity contribution < 1.29 is 23.5 Å². The number of amides is 1. The van der Waals surface area contributed by atoms with Crippen LogP contribution < -0.4 is 10.1 Å². The zero-order chi connectivity index (χ0) is 20.5. The summed E-state index contributed by atoms with van der Waals surface area (Å²) in [6.45, 7) is 1.90. The van der Waals surface area contributed by atoms with Crippen LogP contribution in [0.25, 0.3) is 6.08 Å². The van der Waals surface area contributed by atoms with Gasteiger partial charge in [0.25, 0.3) is 5.91 Å². The number of ether oxygens (including phenoxy) is 2. The number of methoxy groups -OCH3 is 1. The molecule has 0 fully saturated rings. The third kappa shape index (κ3) is 6.70. The van der Waals surface area contributed by atoms with Crippen LogP contribution >= 0.6 is 11.6 Å². The first-order chi connectivity index (χ1) is 13.4. The van der Waals surface area contributed by atoms with Crippen molar-refractivity contribution in [1.29, 1.82) is 0 Å². The van der Waals surface area contributed by atoms with Crippen LogP contribution in [-0.4, -0.2) is 31.6 Å². The van der Waals surface area contributed by atoms with Crippen LogP contribution in [0.4, 0.5) is 4.39 Å². The molecule has 0 saturated carbocycles. The van der Waals surface area contributed by atoms with Crippen LogP contribution in [0.3, 0.4) is 0 Å². The molecule has 0 heterocycles. The molecule has 148 valence electrons. The summed E-state index contributed by atoms with van der Waals surface area (Å²) < 4.78 is 23.3. The van der Waals surface area contributed by atoms with Crippen molar-refractivity contribution in [3.63, 3.8) is 0 Å². The van der Waals surface area contributed by atoms with Gasteiger partial charge in [-0.3, -0.25) is 4.79 Å². The van der Waals surface area contributed by atoms with Crippen molar-refractivity contribution in [3.05, 3.63) is 70.5 Å². The topological polar surface area (TPSA) is 64.6 Å². The molecule has 0 aliphatic heterocycles. The zero-order valence-corrected chi connectivity index (χ0v) is 16.3. The SMILES string of the molecule is COc1ccc(CCNC(=O)[C@H](C)OC(=O)/C=C/c2ccc(F)c(Cl)c2)cc1. The Kier molecular flexibility index (Phi) is 8.02. The van der Waals surface area contributed by atoms with E-state index in [9.17, 15) is 14.0 Å². The van der Waals surface area contributed by atoms with E-state index in [1.54, 1.807) is 7.11 Å². The van der Waals surface area contributed by atoms with Crippen LogP contribution in [0.2, 0.25) is 5.02 Å². The summed E-state index contributed by atoms with van der Waals surface area (Å²) in [5, 5.41) is 2.68. The fourth-order valence-electron chi connectivity index (χ4n) is 2.31. The fraction of sp³-hybridized carbons (Fsp3) is 0.238. The second-order valence-corrected chi connectivity index (χ2v) is 6.38. The summed E-state index contributed by atoms with van der Waals surface area (Å²) in [5.41, 5.74) is 1.59. The van der Waals surface area contributed by atoms with Crippen LogP contribution in [0.15, 0.2) is 48.5 Å². The number of hydrogen-bond acceptors (Lipinski definition) is 4. The molecular formula is C21H21ClFNO4. The van der Waals surface area contributed by atoms with Crippen LogP contribution in [-0.2, 0) is 20.7 Å². The van der Waals surface area contributed by atoms with E-state index < -0.39 is 17.9 Å². The first kappa shape index (κ1) is 21.4. The van der Waals surface area contributed by atoms with Gasteiger partial charge in [-0.25, -0.2) is 9.18 Å². The number of esters is 1. The fourth-order valence-corrected chi connectivity index (χ4v) is 2.50. The van der Waals surface area contributed by atoms with Crippen molar-refractivity contribution in [2.45, 2.75) is 19.4 Å². The van der Waals surface area contributed by atoms with Gasteiger partial charge in [-0.05, 0) is 54.8 Å². The predicted octanol–water partition coefficient (Wildman–Crippen LogP) is 3.79. The molecule has 2 aromatic carbocycles. The molecule has 0 bridgehead atoms. The number of hydrogen-bond donors (Lipinski definition) is 1. The summed E-state index contributed by atoms with van der Waals surface area (Å²) in [6, 6.07) is 11.6. The molecule has 0 radical (unpaired) electrons. The summed E-state index contributed by atoms with van der Waals surface area (Å²) in [4.78, 5) is 23.9. The second kappa shape index (κ2) is 10.5. The number of rotatable bonds is 8. The molecule has 5 nitrogen and oxygen atoms in total. The maximum atomic E-state index is 13.1. The van der Waals surface area contributed by atoms with Gasteiger partial charge in [0.2, 0.25) is 0 Å². The molecule has 7 heteroatoms. The largest absolute Gasteiger partial charge is 0.497 e. The van der Waals surface area contributed by atoms with Crippen molar-refractivity contribution in [2.75, 3.05) is 13.7 Å². The highest BCUT2D eigenvalue weighted by molar-refractivity contribution is 6.30. The van der Waals surface area contributed by atoms with Gasteiger partial charge in [-0.1, -0.05) is 29.8 Å². The van der Waals surface area contributed by atoms with Gasteiger partial charge >= 0.3 is 5.97 Å². The van der Waals surface area contributed by atoms with E-state index in [1.807, 2.05) is 24.3 Å². The average molecular weight is 406 g/mol. The number of benzene rings is 2. The summed E-state index contributed by atoms with van der Waals surface area (Å²) in [5.74, 6) is -0.844. The maximum Gasteiger partial charge on any atom is 0.331 e. The molecule has 1 N–H and O–H groups in total. The van der Waals surface area contributed by atoms with Crippen LogP contribution in [0, 0.1) is 5.82 Å². The third-order valence-corrected chi connectivity index (χ3v) is 4.18. The Bertz CT molecular complexity index is 852. The Labute approximate surface area is 168 Å². The highest BCUT2D eigenvalue weighted by atomic mass is 35.5. The molecule has 0 unspecified atom stereocenters. The van der Waals surface area contributed by atoms with E-state index in [2.05, 4.69) is 5.32 Å². The summed E-state index contributed by atoms with van der Waals surface area (Å²) in [7, 11) is 1.60. The van der Waals surface area contributed by atoms with Crippen molar-refractivity contribution in [2.24, 2.45) is 0 Å². The first-order valence-electron chi connectivity index (χ1n) is 8.63. The molecule has 1 atom stereocenters. The van der Waals surface area contributed by atoms with Crippen molar-refractivity contribution in [3.8, 4) is 5.75 Å². The van der Waals surface area contributed by atoms with E-state index in [0.29, 0.717) is 18.5 Å². The smallest absolute Gasteiger partial charge is 0.331 e. The lowest BCUT2D eigenvalue weighted by Gasteiger charge is -2.12. The van der Waals surface area contributed by atoms with Crippen LogP contribution in [0.1, 0.15) is 18.1 Å². The Morgan fingerprint density at radius 3 is 2.57 bits per heavy atom. The van der Waals surface area contributed by atoms with E-state index in [4.69, 9.17) is 21.1 Å². The lowest BCUT2D eigenvalue weighted by atomic mass is 10.1. The number of halogens is 2. The van der Waals surface area contributed by atoms with E-state index in [0.717, 1.165) is 17.4 Å². The minimum Gasteiger partial charge on any atom is -0.497 e. The molecular weight excluding hydrogens is 385 g/mol. The highest BCUT2D eigenvalue weighted by Crippen LogP contribution is 2.17. The van der Waals surface area contributed by atoms with E-state index in [-0.39, 0.29) is 10.9 Å². The van der Waals surface area contributed by atoms with Gasteiger partial charge in [0.15, 0.2) is 6.10 Å². The molecule has 0 saturated heterocycles. The Balaban J connectivity index is 1.76. The lowest BCUT2D eigenvalue weighted by molar-refractivity contribution is -0.150. The zero-order valence-electron chi connectivity index (χ0n) is 15.6. The molecule has 0 aliphatic carbocycles. The van der Waals surface area contributed by atoms with E-state index in [1.165, 1.54) is 31.2 Å².